The van der Waals surface area contributed by atoms with Crippen molar-refractivity contribution in [3.05, 3.63) is 0 Å². The molecule has 0 aromatic heterocycles. The number of carbonyl (C=O) groups is 3. The standard InChI is InChI=1S/C16H30N2O3/c1-3-4-5-6-7-8-9-10-11-12-15(20)17-18-16(21)13-14(2)19/h3-13H2,1-2H3,(H,17,20)(H,18,21). The molecule has 0 fully saturated rings. The second-order valence-electron chi connectivity index (χ2n) is 5.55. The Balaban J connectivity index is 3.34. The van der Waals surface area contributed by atoms with Gasteiger partial charge in [-0.05, 0) is 13.3 Å². The fraction of sp³-hybridized carbons (Fsp3) is 0.812. The van der Waals surface area contributed by atoms with Crippen molar-refractivity contribution in [1.82, 2.24) is 10.9 Å². The Hall–Kier alpha value is -1.39. The highest BCUT2D eigenvalue weighted by molar-refractivity contribution is 5.97. The molecule has 0 unspecified atom stereocenters. The largest absolute Gasteiger partial charge is 0.299 e. The van der Waals surface area contributed by atoms with Crippen molar-refractivity contribution in [1.29, 1.82) is 0 Å². The van der Waals surface area contributed by atoms with Gasteiger partial charge in [-0.25, -0.2) is 0 Å². The van der Waals surface area contributed by atoms with Crippen LogP contribution in [0.1, 0.15) is 84.5 Å². The van der Waals surface area contributed by atoms with E-state index < -0.39 is 5.91 Å². The molecule has 0 aliphatic rings. The third kappa shape index (κ3) is 14.8. The number of amides is 2. The topological polar surface area (TPSA) is 75.3 Å². The zero-order valence-electron chi connectivity index (χ0n) is 13.5. The molecule has 5 heteroatoms. The molecule has 0 bridgehead atoms. The normalized spacial score (nSPS) is 10.2. The Morgan fingerprint density at radius 2 is 1.19 bits per heavy atom. The smallest absolute Gasteiger partial charge is 0.245 e. The van der Waals surface area contributed by atoms with E-state index in [9.17, 15) is 14.4 Å². The molecule has 0 atom stereocenters. The van der Waals surface area contributed by atoms with Crippen LogP contribution in [-0.4, -0.2) is 17.6 Å². The fourth-order valence-corrected chi connectivity index (χ4v) is 2.07. The minimum Gasteiger partial charge on any atom is -0.299 e. The lowest BCUT2D eigenvalue weighted by molar-refractivity contribution is -0.131. The van der Waals surface area contributed by atoms with Gasteiger partial charge in [-0.2, -0.15) is 0 Å². The first-order valence-electron chi connectivity index (χ1n) is 8.13. The average molecular weight is 298 g/mol. The van der Waals surface area contributed by atoms with Crippen LogP contribution in [0, 0.1) is 0 Å². The van der Waals surface area contributed by atoms with E-state index in [0.29, 0.717) is 6.42 Å². The van der Waals surface area contributed by atoms with E-state index in [0.717, 1.165) is 19.3 Å². The summed E-state index contributed by atoms with van der Waals surface area (Å²) < 4.78 is 0. The molecule has 5 nitrogen and oxygen atoms in total. The molecule has 0 aliphatic carbocycles. The van der Waals surface area contributed by atoms with Crippen LogP contribution in [0.25, 0.3) is 0 Å². The zero-order chi connectivity index (χ0) is 15.9. The number of carbonyl (C=O) groups excluding carboxylic acids is 3. The van der Waals surface area contributed by atoms with Crippen LogP contribution in [0.15, 0.2) is 0 Å². The Kier molecular flexibility index (Phi) is 12.7. The quantitative estimate of drug-likeness (QED) is 0.330. The molecular formula is C16H30N2O3. The van der Waals surface area contributed by atoms with Gasteiger partial charge >= 0.3 is 0 Å². The Bertz CT molecular complexity index is 317. The van der Waals surface area contributed by atoms with E-state index in [2.05, 4.69) is 17.8 Å². The van der Waals surface area contributed by atoms with Crippen LogP contribution in [0.4, 0.5) is 0 Å². The van der Waals surface area contributed by atoms with Crippen LogP contribution < -0.4 is 10.9 Å². The molecule has 0 aromatic rings. The van der Waals surface area contributed by atoms with Crippen LogP contribution in [0.5, 0.6) is 0 Å². The number of rotatable bonds is 12. The van der Waals surface area contributed by atoms with Crippen molar-refractivity contribution >= 4 is 17.6 Å². The van der Waals surface area contributed by atoms with Gasteiger partial charge in [0.15, 0.2) is 0 Å². The third-order valence-electron chi connectivity index (χ3n) is 3.26. The van der Waals surface area contributed by atoms with Gasteiger partial charge in [-0.3, -0.25) is 25.2 Å². The van der Waals surface area contributed by atoms with E-state index in [4.69, 9.17) is 0 Å². The molecule has 0 saturated carbocycles. The van der Waals surface area contributed by atoms with Crippen LogP contribution >= 0.6 is 0 Å². The van der Waals surface area contributed by atoms with Crippen molar-refractivity contribution < 1.29 is 14.4 Å². The number of Topliss-reactive ketones (excluding diaryl/α,β-unsaturated/α-hetero) is 1. The molecule has 0 rings (SSSR count). The Morgan fingerprint density at radius 3 is 1.71 bits per heavy atom. The maximum absolute atomic E-state index is 11.4. The second kappa shape index (κ2) is 13.6. The molecule has 0 aliphatic heterocycles. The van der Waals surface area contributed by atoms with Gasteiger partial charge in [0.1, 0.15) is 5.78 Å². The number of nitrogens with one attached hydrogen (secondary N) is 2. The average Bonchev–Trinajstić information content (AvgIpc) is 2.42. The third-order valence-corrected chi connectivity index (χ3v) is 3.26. The van der Waals surface area contributed by atoms with Crippen molar-refractivity contribution in [2.24, 2.45) is 0 Å². The molecule has 21 heavy (non-hydrogen) atoms. The number of hydrogen-bond donors (Lipinski definition) is 2. The molecule has 0 saturated heterocycles. The molecule has 2 N–H and O–H groups in total. The van der Waals surface area contributed by atoms with E-state index in [1.165, 1.54) is 45.4 Å². The molecule has 122 valence electrons. The summed E-state index contributed by atoms with van der Waals surface area (Å²) in [4.78, 5) is 33.2. The predicted octanol–water partition coefficient (Wildman–Crippen LogP) is 3.03. The van der Waals surface area contributed by atoms with Gasteiger partial charge in [0, 0.05) is 6.42 Å². The summed E-state index contributed by atoms with van der Waals surface area (Å²) in [7, 11) is 0. The number of ketones is 1. The monoisotopic (exact) mass is 298 g/mol. The van der Waals surface area contributed by atoms with Gasteiger partial charge in [0.05, 0.1) is 6.42 Å². The van der Waals surface area contributed by atoms with Crippen molar-refractivity contribution in [3.63, 3.8) is 0 Å². The van der Waals surface area contributed by atoms with E-state index >= 15 is 0 Å². The SMILES string of the molecule is CCCCCCCCCCCC(=O)NNC(=O)CC(C)=O. The summed E-state index contributed by atoms with van der Waals surface area (Å²) in [5, 5.41) is 0. The second-order valence-corrected chi connectivity index (χ2v) is 5.55. The van der Waals surface area contributed by atoms with Crippen LogP contribution in [0.2, 0.25) is 0 Å². The number of hydrogen-bond acceptors (Lipinski definition) is 3. The highest BCUT2D eigenvalue weighted by atomic mass is 16.2. The Morgan fingerprint density at radius 1 is 0.714 bits per heavy atom. The lowest BCUT2D eigenvalue weighted by atomic mass is 10.1. The lowest BCUT2D eigenvalue weighted by Crippen LogP contribution is -2.42. The molecule has 0 radical (unpaired) electrons. The minimum atomic E-state index is -0.470. The number of unbranched alkanes of at least 4 members (excludes halogenated alkanes) is 8. The van der Waals surface area contributed by atoms with Gasteiger partial charge in [-0.1, -0.05) is 58.3 Å². The van der Waals surface area contributed by atoms with Crippen LogP contribution in [-0.2, 0) is 14.4 Å². The molecular weight excluding hydrogens is 268 g/mol. The summed E-state index contributed by atoms with van der Waals surface area (Å²) in [6.45, 7) is 3.55. The molecule has 0 spiro atoms. The van der Waals surface area contributed by atoms with Crippen molar-refractivity contribution in [3.8, 4) is 0 Å². The highest BCUT2D eigenvalue weighted by Crippen LogP contribution is 2.10. The van der Waals surface area contributed by atoms with Gasteiger partial charge < -0.3 is 0 Å². The van der Waals surface area contributed by atoms with Gasteiger partial charge in [-0.15, -0.1) is 0 Å². The fourth-order valence-electron chi connectivity index (χ4n) is 2.07. The van der Waals surface area contributed by atoms with Crippen molar-refractivity contribution in [2.45, 2.75) is 84.5 Å². The summed E-state index contributed by atoms with van der Waals surface area (Å²) in [5.74, 6) is -0.890. The van der Waals surface area contributed by atoms with Crippen molar-refractivity contribution in [2.75, 3.05) is 0 Å². The maximum Gasteiger partial charge on any atom is 0.245 e. The lowest BCUT2D eigenvalue weighted by Gasteiger charge is -2.06. The first-order chi connectivity index (χ1) is 10.1. The zero-order valence-corrected chi connectivity index (χ0v) is 13.5. The maximum atomic E-state index is 11.4. The van der Waals surface area contributed by atoms with Gasteiger partial charge in [0.2, 0.25) is 11.8 Å². The first kappa shape index (κ1) is 19.6. The predicted molar refractivity (Wildman–Crippen MR) is 83.4 cm³/mol. The summed E-state index contributed by atoms with van der Waals surface area (Å²) in [6.07, 6.45) is 11.0. The first-order valence-corrected chi connectivity index (χ1v) is 8.13. The van der Waals surface area contributed by atoms with Gasteiger partial charge in [0.25, 0.3) is 0 Å². The van der Waals surface area contributed by atoms with E-state index in [-0.39, 0.29) is 18.1 Å². The summed E-state index contributed by atoms with van der Waals surface area (Å²) in [5.41, 5.74) is 4.56. The number of hydrazine groups is 1. The van der Waals surface area contributed by atoms with Crippen LogP contribution in [0.3, 0.4) is 0 Å². The van der Waals surface area contributed by atoms with E-state index in [1.54, 1.807) is 0 Å². The van der Waals surface area contributed by atoms with E-state index in [1.807, 2.05) is 0 Å². The highest BCUT2D eigenvalue weighted by Gasteiger charge is 2.06. The molecule has 0 aromatic carbocycles. The Labute approximate surface area is 128 Å². The minimum absolute atomic E-state index is 0.196. The molecule has 0 heterocycles. The summed E-state index contributed by atoms with van der Waals surface area (Å²) in [6, 6.07) is 0. The molecule has 2 amide bonds. The summed E-state index contributed by atoms with van der Waals surface area (Å²) >= 11 is 0.